The van der Waals surface area contributed by atoms with Crippen molar-refractivity contribution in [1.82, 2.24) is 5.01 Å². The van der Waals surface area contributed by atoms with E-state index < -0.39 is 29.1 Å². The Morgan fingerprint density at radius 1 is 0.864 bits per heavy atom. The van der Waals surface area contributed by atoms with E-state index in [9.17, 15) is 24.9 Å². The van der Waals surface area contributed by atoms with E-state index in [1.165, 1.54) is 18.2 Å². The number of rotatable bonds is 2. The van der Waals surface area contributed by atoms with Gasteiger partial charge < -0.3 is 15.3 Å². The topological polar surface area (TPSA) is 110 Å². The molecule has 1 aliphatic heterocycles. The van der Waals surface area contributed by atoms with Crippen LogP contribution in [0.4, 0.5) is 0 Å². The maximum atomic E-state index is 12.1. The summed E-state index contributed by atoms with van der Waals surface area (Å²) in [6.07, 6.45) is 1.05. The number of imide groups is 1. The summed E-state index contributed by atoms with van der Waals surface area (Å²) in [5.74, 6) is -2.93. The van der Waals surface area contributed by atoms with Gasteiger partial charge in [0.25, 0.3) is 11.8 Å². The molecule has 3 N–H and O–H groups in total. The van der Waals surface area contributed by atoms with E-state index in [4.69, 9.17) is 0 Å². The van der Waals surface area contributed by atoms with Crippen molar-refractivity contribution in [3.8, 4) is 17.2 Å². The number of fused-ring (bicyclic) bond motifs is 1. The van der Waals surface area contributed by atoms with Gasteiger partial charge in [0, 0.05) is 5.56 Å². The fourth-order valence-electron chi connectivity index (χ4n) is 2.09. The second-order valence-electron chi connectivity index (χ2n) is 4.58. The summed E-state index contributed by atoms with van der Waals surface area (Å²) in [6.45, 7) is 0. The van der Waals surface area contributed by atoms with Crippen LogP contribution in [-0.4, -0.2) is 38.4 Å². The minimum Gasteiger partial charge on any atom is -0.504 e. The monoisotopic (exact) mass is 298 g/mol. The molecule has 2 amide bonds. The van der Waals surface area contributed by atoms with Crippen LogP contribution >= 0.6 is 0 Å². The summed E-state index contributed by atoms with van der Waals surface area (Å²) < 4.78 is 0. The molecular weight excluding hydrogens is 288 g/mol. The summed E-state index contributed by atoms with van der Waals surface area (Å²) in [5.41, 5.74) is 0.553. The van der Waals surface area contributed by atoms with Gasteiger partial charge in [0.1, 0.15) is 0 Å². The van der Waals surface area contributed by atoms with Crippen molar-refractivity contribution in [1.29, 1.82) is 0 Å². The van der Waals surface area contributed by atoms with E-state index in [2.05, 4.69) is 5.10 Å². The van der Waals surface area contributed by atoms with E-state index in [1.54, 1.807) is 12.1 Å². The van der Waals surface area contributed by atoms with Gasteiger partial charge in [-0.3, -0.25) is 9.59 Å². The van der Waals surface area contributed by atoms with Crippen LogP contribution in [-0.2, 0) is 0 Å². The number of hydrazone groups is 1. The summed E-state index contributed by atoms with van der Waals surface area (Å²) >= 11 is 0. The Bertz CT molecular complexity index is 794. The Labute approximate surface area is 124 Å². The van der Waals surface area contributed by atoms with Crippen molar-refractivity contribution < 1.29 is 24.9 Å². The van der Waals surface area contributed by atoms with Crippen LogP contribution in [0.25, 0.3) is 0 Å². The van der Waals surface area contributed by atoms with Crippen molar-refractivity contribution in [3.63, 3.8) is 0 Å². The third-order valence-electron chi connectivity index (χ3n) is 3.25. The Morgan fingerprint density at radius 2 is 1.45 bits per heavy atom. The highest BCUT2D eigenvalue weighted by Gasteiger charge is 2.35. The zero-order valence-corrected chi connectivity index (χ0v) is 11.1. The van der Waals surface area contributed by atoms with Crippen molar-refractivity contribution >= 4 is 18.0 Å². The normalized spacial score (nSPS) is 13.9. The number of hydrogen-bond donors (Lipinski definition) is 3. The quantitative estimate of drug-likeness (QED) is 0.441. The lowest BCUT2D eigenvalue weighted by atomic mass is 10.1. The molecule has 1 aliphatic rings. The highest BCUT2D eigenvalue weighted by molar-refractivity contribution is 6.21. The van der Waals surface area contributed by atoms with Crippen LogP contribution in [0.5, 0.6) is 17.2 Å². The molecule has 2 aromatic rings. The van der Waals surface area contributed by atoms with Gasteiger partial charge in [-0.1, -0.05) is 12.1 Å². The second kappa shape index (κ2) is 4.88. The third kappa shape index (κ3) is 1.96. The average molecular weight is 298 g/mol. The highest BCUT2D eigenvalue weighted by atomic mass is 16.3. The molecular formula is C15H10N2O5. The zero-order chi connectivity index (χ0) is 15.9. The lowest BCUT2D eigenvalue weighted by Crippen LogP contribution is -2.23. The van der Waals surface area contributed by atoms with Crippen molar-refractivity contribution in [3.05, 3.63) is 53.1 Å². The predicted molar refractivity (Wildman–Crippen MR) is 76.0 cm³/mol. The van der Waals surface area contributed by atoms with Crippen molar-refractivity contribution in [2.75, 3.05) is 0 Å². The molecule has 0 fully saturated rings. The first-order valence-corrected chi connectivity index (χ1v) is 6.26. The average Bonchev–Trinajstić information content (AvgIpc) is 2.77. The molecule has 0 aliphatic carbocycles. The fourth-order valence-corrected chi connectivity index (χ4v) is 2.09. The Hall–Kier alpha value is -3.35. The molecule has 0 spiro atoms. The highest BCUT2D eigenvalue weighted by Crippen LogP contribution is 2.36. The van der Waals surface area contributed by atoms with E-state index in [0.29, 0.717) is 5.01 Å². The molecule has 0 saturated heterocycles. The number of phenolic OH excluding ortho intramolecular Hbond substituents is 3. The van der Waals surface area contributed by atoms with E-state index in [0.717, 1.165) is 12.3 Å². The molecule has 0 bridgehead atoms. The van der Waals surface area contributed by atoms with Crippen LogP contribution in [0.2, 0.25) is 0 Å². The molecule has 1 heterocycles. The summed E-state index contributed by atoms with van der Waals surface area (Å²) in [4.78, 5) is 24.1. The maximum absolute atomic E-state index is 12.1. The first-order chi connectivity index (χ1) is 10.5. The van der Waals surface area contributed by atoms with Crippen LogP contribution < -0.4 is 0 Å². The van der Waals surface area contributed by atoms with Crippen LogP contribution in [0, 0.1) is 0 Å². The number of phenols is 3. The van der Waals surface area contributed by atoms with Gasteiger partial charge in [0.2, 0.25) is 5.75 Å². The number of carbonyl (C=O) groups excluding carboxylic acids is 2. The lowest BCUT2D eigenvalue weighted by molar-refractivity contribution is 0.0660. The summed E-state index contributed by atoms with van der Waals surface area (Å²) in [5, 5.41) is 32.8. The SMILES string of the molecule is O=C1c2ccccc2C(=O)N1/N=C/c1ccc(O)c(O)c1O. The molecule has 0 unspecified atom stereocenters. The van der Waals surface area contributed by atoms with Gasteiger partial charge >= 0.3 is 0 Å². The van der Waals surface area contributed by atoms with Gasteiger partial charge in [-0.2, -0.15) is 10.1 Å². The Morgan fingerprint density at radius 3 is 2.05 bits per heavy atom. The Balaban J connectivity index is 1.94. The maximum Gasteiger partial charge on any atom is 0.282 e. The van der Waals surface area contributed by atoms with E-state index in [1.807, 2.05) is 0 Å². The standard InChI is InChI=1S/C15H10N2O5/c18-11-6-5-8(12(19)13(11)20)7-16-17-14(21)9-3-1-2-4-10(9)15(17)22/h1-7,18-20H/b16-7+. The molecule has 0 aromatic heterocycles. The number of amides is 2. The first kappa shape index (κ1) is 13.6. The minimum absolute atomic E-state index is 0.0480. The number of benzene rings is 2. The molecule has 0 radical (unpaired) electrons. The minimum atomic E-state index is -0.702. The van der Waals surface area contributed by atoms with E-state index in [-0.39, 0.29) is 16.7 Å². The van der Waals surface area contributed by atoms with Gasteiger partial charge in [-0.15, -0.1) is 0 Å². The molecule has 0 saturated carbocycles. The number of aromatic hydroxyl groups is 3. The van der Waals surface area contributed by atoms with Gasteiger partial charge in [0.15, 0.2) is 11.5 Å². The van der Waals surface area contributed by atoms with Gasteiger partial charge in [0.05, 0.1) is 17.3 Å². The number of nitrogens with zero attached hydrogens (tertiary/aromatic N) is 2. The number of carbonyl (C=O) groups is 2. The van der Waals surface area contributed by atoms with Crippen LogP contribution in [0.15, 0.2) is 41.5 Å². The predicted octanol–water partition coefficient (Wildman–Crippen LogP) is 1.43. The number of hydrogen-bond acceptors (Lipinski definition) is 6. The fraction of sp³-hybridized carbons (Fsp3) is 0. The van der Waals surface area contributed by atoms with Gasteiger partial charge in [-0.05, 0) is 24.3 Å². The summed E-state index contributed by atoms with van der Waals surface area (Å²) in [6, 6.07) is 8.76. The largest absolute Gasteiger partial charge is 0.504 e. The Kier molecular flexibility index (Phi) is 3.03. The first-order valence-electron chi connectivity index (χ1n) is 6.26. The molecule has 22 heavy (non-hydrogen) atoms. The summed E-state index contributed by atoms with van der Waals surface area (Å²) in [7, 11) is 0. The smallest absolute Gasteiger partial charge is 0.282 e. The molecule has 3 rings (SSSR count). The van der Waals surface area contributed by atoms with Crippen LogP contribution in [0.1, 0.15) is 26.3 Å². The molecule has 7 heteroatoms. The van der Waals surface area contributed by atoms with Crippen molar-refractivity contribution in [2.24, 2.45) is 5.10 Å². The third-order valence-corrected chi connectivity index (χ3v) is 3.25. The lowest BCUT2D eigenvalue weighted by Gasteiger charge is -2.07. The molecule has 2 aromatic carbocycles. The van der Waals surface area contributed by atoms with Crippen molar-refractivity contribution in [2.45, 2.75) is 0 Å². The molecule has 110 valence electrons. The zero-order valence-electron chi connectivity index (χ0n) is 11.1. The van der Waals surface area contributed by atoms with Gasteiger partial charge in [-0.25, -0.2) is 0 Å². The molecule has 0 atom stereocenters. The van der Waals surface area contributed by atoms with Crippen LogP contribution in [0.3, 0.4) is 0 Å². The molecule has 7 nitrogen and oxygen atoms in total. The van der Waals surface area contributed by atoms with E-state index >= 15 is 0 Å². The second-order valence-corrected chi connectivity index (χ2v) is 4.58.